The summed E-state index contributed by atoms with van der Waals surface area (Å²) in [6, 6.07) is 5.74. The molecule has 0 unspecified atom stereocenters. The first-order valence-corrected chi connectivity index (χ1v) is 6.05. The van der Waals surface area contributed by atoms with E-state index in [1.165, 1.54) is 7.11 Å². The van der Waals surface area contributed by atoms with E-state index in [-0.39, 0.29) is 11.4 Å². The minimum absolute atomic E-state index is 0.165. The van der Waals surface area contributed by atoms with Crippen LogP contribution >= 0.6 is 0 Å². The van der Waals surface area contributed by atoms with Gasteiger partial charge >= 0.3 is 5.97 Å². The SMILES string of the molecule is COC(=O)c1cc(C)ccc1NCC1(C)COC1. The van der Waals surface area contributed by atoms with Gasteiger partial charge in [-0.25, -0.2) is 4.79 Å². The second-order valence-corrected chi connectivity index (χ2v) is 5.20. The van der Waals surface area contributed by atoms with E-state index < -0.39 is 0 Å². The van der Waals surface area contributed by atoms with E-state index >= 15 is 0 Å². The number of aryl methyl sites for hydroxylation is 1. The second-order valence-electron chi connectivity index (χ2n) is 5.20. The Bertz CT molecular complexity index is 452. The third kappa shape index (κ3) is 2.64. The van der Waals surface area contributed by atoms with Gasteiger partial charge in [0.05, 0.1) is 25.9 Å². The molecule has 1 saturated heterocycles. The summed E-state index contributed by atoms with van der Waals surface area (Å²) in [5.41, 5.74) is 2.61. The van der Waals surface area contributed by atoms with Gasteiger partial charge in [-0.1, -0.05) is 18.6 Å². The molecule has 1 aromatic rings. The Hall–Kier alpha value is -1.55. The minimum atomic E-state index is -0.309. The zero-order valence-electron chi connectivity index (χ0n) is 11.1. The molecule has 1 N–H and O–H groups in total. The Morgan fingerprint density at radius 1 is 1.50 bits per heavy atom. The van der Waals surface area contributed by atoms with Crippen LogP contribution in [-0.4, -0.2) is 32.8 Å². The predicted molar refractivity (Wildman–Crippen MR) is 69.9 cm³/mol. The number of carbonyl (C=O) groups excluding carboxylic acids is 1. The molecule has 0 bridgehead atoms. The summed E-state index contributed by atoms with van der Waals surface area (Å²) in [6.07, 6.45) is 0. The maximum atomic E-state index is 11.7. The van der Waals surface area contributed by atoms with Crippen LogP contribution in [0.1, 0.15) is 22.8 Å². The Labute approximate surface area is 107 Å². The number of nitrogens with one attached hydrogen (secondary N) is 1. The predicted octanol–water partition coefficient (Wildman–Crippen LogP) is 2.23. The van der Waals surface area contributed by atoms with Crippen LogP contribution in [0.2, 0.25) is 0 Å². The van der Waals surface area contributed by atoms with Crippen molar-refractivity contribution in [2.45, 2.75) is 13.8 Å². The number of hydrogen-bond donors (Lipinski definition) is 1. The van der Waals surface area contributed by atoms with Gasteiger partial charge < -0.3 is 14.8 Å². The molecule has 1 aliphatic heterocycles. The standard InChI is InChI=1S/C14H19NO3/c1-10-4-5-12(11(6-10)13(16)17-3)15-7-14(2)8-18-9-14/h4-6,15H,7-9H2,1-3H3. The zero-order valence-corrected chi connectivity index (χ0v) is 11.1. The van der Waals surface area contributed by atoms with Crippen molar-refractivity contribution in [3.8, 4) is 0 Å². The molecule has 1 aliphatic rings. The van der Waals surface area contributed by atoms with Crippen molar-refractivity contribution in [3.05, 3.63) is 29.3 Å². The normalized spacial score (nSPS) is 16.8. The van der Waals surface area contributed by atoms with Gasteiger partial charge in [0, 0.05) is 17.6 Å². The van der Waals surface area contributed by atoms with Crippen LogP contribution in [0.5, 0.6) is 0 Å². The molecular weight excluding hydrogens is 230 g/mol. The van der Waals surface area contributed by atoms with E-state index in [0.717, 1.165) is 31.0 Å². The van der Waals surface area contributed by atoms with Crippen molar-refractivity contribution >= 4 is 11.7 Å². The Morgan fingerprint density at radius 3 is 2.78 bits per heavy atom. The zero-order chi connectivity index (χ0) is 13.2. The van der Waals surface area contributed by atoms with Crippen LogP contribution in [0.25, 0.3) is 0 Å². The summed E-state index contributed by atoms with van der Waals surface area (Å²) in [7, 11) is 1.40. The number of carbonyl (C=O) groups is 1. The van der Waals surface area contributed by atoms with Gasteiger partial charge in [0.2, 0.25) is 0 Å². The number of benzene rings is 1. The lowest BCUT2D eigenvalue weighted by Crippen LogP contribution is -2.45. The van der Waals surface area contributed by atoms with Gasteiger partial charge in [0.1, 0.15) is 0 Å². The number of rotatable bonds is 4. The van der Waals surface area contributed by atoms with Crippen LogP contribution in [-0.2, 0) is 9.47 Å². The average Bonchev–Trinajstić information content (AvgIpc) is 2.34. The molecule has 1 fully saturated rings. The Kier molecular flexibility index (Phi) is 3.57. The first kappa shape index (κ1) is 12.9. The average molecular weight is 249 g/mol. The van der Waals surface area contributed by atoms with Crippen LogP contribution in [0.15, 0.2) is 18.2 Å². The highest BCUT2D eigenvalue weighted by Crippen LogP contribution is 2.28. The summed E-state index contributed by atoms with van der Waals surface area (Å²) in [4.78, 5) is 11.7. The molecule has 1 aromatic carbocycles. The molecule has 4 nitrogen and oxygen atoms in total. The van der Waals surface area contributed by atoms with Crippen molar-refractivity contribution in [3.63, 3.8) is 0 Å². The molecule has 18 heavy (non-hydrogen) atoms. The van der Waals surface area contributed by atoms with Crippen molar-refractivity contribution in [1.29, 1.82) is 0 Å². The molecule has 0 amide bonds. The molecule has 0 radical (unpaired) electrons. The number of hydrogen-bond acceptors (Lipinski definition) is 4. The van der Waals surface area contributed by atoms with Gasteiger partial charge in [-0.2, -0.15) is 0 Å². The van der Waals surface area contributed by atoms with Crippen molar-refractivity contribution in [2.75, 3.05) is 32.2 Å². The van der Waals surface area contributed by atoms with Crippen LogP contribution in [0.3, 0.4) is 0 Å². The molecule has 1 heterocycles. The molecule has 98 valence electrons. The molecule has 0 saturated carbocycles. The lowest BCUT2D eigenvalue weighted by atomic mass is 9.88. The second kappa shape index (κ2) is 4.98. The monoisotopic (exact) mass is 249 g/mol. The quantitative estimate of drug-likeness (QED) is 0.831. The van der Waals surface area contributed by atoms with E-state index in [1.807, 2.05) is 25.1 Å². The van der Waals surface area contributed by atoms with Crippen molar-refractivity contribution in [2.24, 2.45) is 5.41 Å². The molecular formula is C14H19NO3. The Balaban J connectivity index is 2.13. The maximum absolute atomic E-state index is 11.7. The van der Waals surface area contributed by atoms with Crippen LogP contribution < -0.4 is 5.32 Å². The fraction of sp³-hybridized carbons (Fsp3) is 0.500. The molecule has 0 atom stereocenters. The molecule has 0 aromatic heterocycles. The van der Waals surface area contributed by atoms with Gasteiger partial charge in [-0.05, 0) is 19.1 Å². The molecule has 4 heteroatoms. The number of methoxy groups -OCH3 is 1. The minimum Gasteiger partial charge on any atom is -0.465 e. The lowest BCUT2D eigenvalue weighted by molar-refractivity contribution is -0.0924. The maximum Gasteiger partial charge on any atom is 0.339 e. The molecule has 0 aliphatic carbocycles. The van der Waals surface area contributed by atoms with Crippen molar-refractivity contribution in [1.82, 2.24) is 0 Å². The fourth-order valence-corrected chi connectivity index (χ4v) is 1.95. The van der Waals surface area contributed by atoms with Gasteiger partial charge in [-0.3, -0.25) is 0 Å². The topological polar surface area (TPSA) is 47.6 Å². The molecule has 0 spiro atoms. The third-order valence-electron chi connectivity index (χ3n) is 3.19. The highest BCUT2D eigenvalue weighted by molar-refractivity contribution is 5.95. The highest BCUT2D eigenvalue weighted by Gasteiger charge is 2.33. The van der Waals surface area contributed by atoms with E-state index in [2.05, 4.69) is 12.2 Å². The lowest BCUT2D eigenvalue weighted by Gasteiger charge is -2.38. The summed E-state index contributed by atoms with van der Waals surface area (Å²) in [6.45, 7) is 6.44. The van der Waals surface area contributed by atoms with E-state index in [4.69, 9.17) is 9.47 Å². The molecule has 2 rings (SSSR count). The summed E-state index contributed by atoms with van der Waals surface area (Å²) in [5, 5.41) is 3.32. The van der Waals surface area contributed by atoms with E-state index in [9.17, 15) is 4.79 Å². The van der Waals surface area contributed by atoms with Gasteiger partial charge in [0.15, 0.2) is 0 Å². The van der Waals surface area contributed by atoms with Gasteiger partial charge in [-0.15, -0.1) is 0 Å². The highest BCUT2D eigenvalue weighted by atomic mass is 16.5. The van der Waals surface area contributed by atoms with Crippen molar-refractivity contribution < 1.29 is 14.3 Å². The summed E-state index contributed by atoms with van der Waals surface area (Å²) in [5.74, 6) is -0.309. The largest absolute Gasteiger partial charge is 0.465 e. The number of ether oxygens (including phenoxy) is 2. The summed E-state index contributed by atoms with van der Waals surface area (Å²) < 4.78 is 10.0. The van der Waals surface area contributed by atoms with Gasteiger partial charge in [0.25, 0.3) is 0 Å². The summed E-state index contributed by atoms with van der Waals surface area (Å²) >= 11 is 0. The van der Waals surface area contributed by atoms with E-state index in [1.54, 1.807) is 0 Å². The van der Waals surface area contributed by atoms with E-state index in [0.29, 0.717) is 5.56 Å². The fourth-order valence-electron chi connectivity index (χ4n) is 1.95. The third-order valence-corrected chi connectivity index (χ3v) is 3.19. The smallest absolute Gasteiger partial charge is 0.339 e. The van der Waals surface area contributed by atoms with Crippen LogP contribution in [0.4, 0.5) is 5.69 Å². The number of anilines is 1. The van der Waals surface area contributed by atoms with Crippen LogP contribution in [0, 0.1) is 12.3 Å². The first-order valence-electron chi connectivity index (χ1n) is 6.05. The first-order chi connectivity index (χ1) is 8.54. The number of esters is 1. The Morgan fingerprint density at radius 2 is 2.22 bits per heavy atom.